The molecule has 0 spiro atoms. The van der Waals surface area contributed by atoms with Crippen LogP contribution >= 0.6 is 0 Å². The van der Waals surface area contributed by atoms with Gasteiger partial charge in [-0.1, -0.05) is 0 Å². The summed E-state index contributed by atoms with van der Waals surface area (Å²) < 4.78 is 0. The zero-order chi connectivity index (χ0) is 10.6. The number of aromatic amines is 1. The molecule has 0 saturated carbocycles. The largest absolute Gasteiger partial charge is 0.365 e. The lowest BCUT2D eigenvalue weighted by Gasteiger charge is -2.34. The summed E-state index contributed by atoms with van der Waals surface area (Å²) in [5, 5.41) is 0. The van der Waals surface area contributed by atoms with Gasteiger partial charge in [0.05, 0.1) is 0 Å². The van der Waals surface area contributed by atoms with Crippen molar-refractivity contribution in [3.05, 3.63) is 24.0 Å². The Hall–Kier alpha value is -0.800. The number of hydrogen-bond acceptors (Lipinski definition) is 2. The monoisotopic (exact) mass is 195 g/mol. The Morgan fingerprint density at radius 1 is 1.50 bits per heavy atom. The Morgan fingerprint density at radius 3 is 2.71 bits per heavy atom. The summed E-state index contributed by atoms with van der Waals surface area (Å²) >= 11 is 0. The van der Waals surface area contributed by atoms with Crippen LogP contribution in [0.4, 0.5) is 0 Å². The first kappa shape index (κ1) is 11.3. The van der Waals surface area contributed by atoms with Crippen molar-refractivity contribution in [2.24, 2.45) is 5.73 Å². The third-order valence-corrected chi connectivity index (χ3v) is 2.91. The van der Waals surface area contributed by atoms with Crippen LogP contribution in [0.3, 0.4) is 0 Å². The van der Waals surface area contributed by atoms with E-state index in [1.165, 1.54) is 5.69 Å². The van der Waals surface area contributed by atoms with Crippen LogP contribution in [-0.2, 0) is 6.42 Å². The van der Waals surface area contributed by atoms with Gasteiger partial charge in [-0.15, -0.1) is 0 Å². The first-order chi connectivity index (χ1) is 6.56. The van der Waals surface area contributed by atoms with Gasteiger partial charge < -0.3 is 10.7 Å². The first-order valence-electron chi connectivity index (χ1n) is 5.10. The SMILES string of the molecule is CN(CCc1ccc[nH]1)C(C)(C)CN. The zero-order valence-electron chi connectivity index (χ0n) is 9.38. The first-order valence-corrected chi connectivity index (χ1v) is 5.10. The zero-order valence-corrected chi connectivity index (χ0v) is 9.38. The van der Waals surface area contributed by atoms with Crippen molar-refractivity contribution >= 4 is 0 Å². The molecule has 0 unspecified atom stereocenters. The van der Waals surface area contributed by atoms with Gasteiger partial charge >= 0.3 is 0 Å². The van der Waals surface area contributed by atoms with Crippen LogP contribution in [0.15, 0.2) is 18.3 Å². The van der Waals surface area contributed by atoms with E-state index in [4.69, 9.17) is 5.73 Å². The maximum atomic E-state index is 5.71. The standard InChI is InChI=1S/C11H21N3/c1-11(2,9-12)14(3)8-6-10-5-4-7-13-10/h4-5,7,13H,6,8-9,12H2,1-3H3. The molecule has 0 aliphatic heterocycles. The highest BCUT2D eigenvalue weighted by atomic mass is 15.2. The molecular formula is C11H21N3. The Balaban J connectivity index is 2.38. The minimum atomic E-state index is 0.0899. The van der Waals surface area contributed by atoms with Gasteiger partial charge in [0.15, 0.2) is 0 Å². The summed E-state index contributed by atoms with van der Waals surface area (Å²) in [5.74, 6) is 0. The number of likely N-dealkylation sites (N-methyl/N-ethyl adjacent to an activating group) is 1. The predicted molar refractivity (Wildman–Crippen MR) is 60.3 cm³/mol. The van der Waals surface area contributed by atoms with Gasteiger partial charge in [0, 0.05) is 36.9 Å². The van der Waals surface area contributed by atoms with E-state index in [-0.39, 0.29) is 5.54 Å². The van der Waals surface area contributed by atoms with Crippen molar-refractivity contribution in [3.63, 3.8) is 0 Å². The molecule has 80 valence electrons. The quantitative estimate of drug-likeness (QED) is 0.742. The van der Waals surface area contributed by atoms with Gasteiger partial charge in [-0.3, -0.25) is 4.90 Å². The second-order valence-electron chi connectivity index (χ2n) is 4.38. The molecule has 0 atom stereocenters. The minimum absolute atomic E-state index is 0.0899. The highest BCUT2D eigenvalue weighted by Gasteiger charge is 2.20. The predicted octanol–water partition coefficient (Wildman–Crippen LogP) is 1.23. The molecule has 0 aliphatic carbocycles. The fraction of sp³-hybridized carbons (Fsp3) is 0.636. The van der Waals surface area contributed by atoms with E-state index in [0.717, 1.165) is 13.0 Å². The summed E-state index contributed by atoms with van der Waals surface area (Å²) in [6.07, 6.45) is 3.01. The molecule has 0 aliphatic rings. The Kier molecular flexibility index (Phi) is 3.72. The van der Waals surface area contributed by atoms with Gasteiger partial charge in [0.1, 0.15) is 0 Å². The van der Waals surface area contributed by atoms with Crippen molar-refractivity contribution in [1.29, 1.82) is 0 Å². The number of nitrogens with two attached hydrogens (primary N) is 1. The number of nitrogens with one attached hydrogen (secondary N) is 1. The average Bonchev–Trinajstić information content (AvgIpc) is 2.66. The Labute approximate surface area is 86.3 Å². The number of rotatable bonds is 5. The second kappa shape index (κ2) is 4.62. The van der Waals surface area contributed by atoms with Crippen LogP contribution in [0.1, 0.15) is 19.5 Å². The third kappa shape index (κ3) is 2.86. The average molecular weight is 195 g/mol. The molecule has 3 nitrogen and oxygen atoms in total. The molecule has 1 aromatic heterocycles. The molecule has 14 heavy (non-hydrogen) atoms. The summed E-state index contributed by atoms with van der Waals surface area (Å²) in [6, 6.07) is 4.15. The van der Waals surface area contributed by atoms with E-state index >= 15 is 0 Å². The molecular weight excluding hydrogens is 174 g/mol. The minimum Gasteiger partial charge on any atom is -0.365 e. The fourth-order valence-corrected chi connectivity index (χ4v) is 1.27. The molecule has 0 amide bonds. The van der Waals surface area contributed by atoms with Gasteiger partial charge in [-0.2, -0.15) is 0 Å². The van der Waals surface area contributed by atoms with Crippen molar-refractivity contribution in [1.82, 2.24) is 9.88 Å². The molecule has 1 heterocycles. The summed E-state index contributed by atoms with van der Waals surface area (Å²) in [4.78, 5) is 5.50. The second-order valence-corrected chi connectivity index (χ2v) is 4.38. The van der Waals surface area contributed by atoms with Crippen LogP contribution in [0.2, 0.25) is 0 Å². The summed E-state index contributed by atoms with van der Waals surface area (Å²) in [6.45, 7) is 6.06. The van der Waals surface area contributed by atoms with Crippen LogP contribution in [0.25, 0.3) is 0 Å². The van der Waals surface area contributed by atoms with E-state index in [2.05, 4.69) is 36.8 Å². The van der Waals surface area contributed by atoms with Gasteiger partial charge in [0.25, 0.3) is 0 Å². The maximum Gasteiger partial charge on any atom is 0.0272 e. The normalized spacial score (nSPS) is 12.4. The molecule has 1 aromatic rings. The summed E-state index contributed by atoms with van der Waals surface area (Å²) in [5.41, 5.74) is 7.08. The van der Waals surface area contributed by atoms with Crippen molar-refractivity contribution in [2.45, 2.75) is 25.8 Å². The van der Waals surface area contributed by atoms with E-state index in [9.17, 15) is 0 Å². The van der Waals surface area contributed by atoms with Gasteiger partial charge in [0.2, 0.25) is 0 Å². The van der Waals surface area contributed by atoms with Crippen molar-refractivity contribution in [2.75, 3.05) is 20.1 Å². The van der Waals surface area contributed by atoms with E-state index in [1.54, 1.807) is 0 Å². The third-order valence-electron chi connectivity index (χ3n) is 2.91. The lowest BCUT2D eigenvalue weighted by Crippen LogP contribution is -2.47. The number of aromatic nitrogens is 1. The van der Waals surface area contributed by atoms with Gasteiger partial charge in [-0.25, -0.2) is 0 Å². The lowest BCUT2D eigenvalue weighted by molar-refractivity contribution is 0.165. The van der Waals surface area contributed by atoms with Crippen LogP contribution < -0.4 is 5.73 Å². The molecule has 3 N–H and O–H groups in total. The molecule has 0 aromatic carbocycles. The Bertz CT molecular complexity index is 252. The number of nitrogens with zero attached hydrogens (tertiary/aromatic N) is 1. The van der Waals surface area contributed by atoms with Crippen LogP contribution in [0.5, 0.6) is 0 Å². The smallest absolute Gasteiger partial charge is 0.0272 e. The fourth-order valence-electron chi connectivity index (χ4n) is 1.27. The molecule has 0 fully saturated rings. The topological polar surface area (TPSA) is 45.0 Å². The van der Waals surface area contributed by atoms with Crippen LogP contribution in [-0.4, -0.2) is 35.6 Å². The number of hydrogen-bond donors (Lipinski definition) is 2. The molecule has 3 heteroatoms. The number of H-pyrrole nitrogens is 1. The highest BCUT2D eigenvalue weighted by Crippen LogP contribution is 2.10. The van der Waals surface area contributed by atoms with E-state index in [0.29, 0.717) is 6.54 Å². The molecule has 0 saturated heterocycles. The molecule has 1 rings (SSSR count). The maximum absolute atomic E-state index is 5.71. The van der Waals surface area contributed by atoms with Crippen molar-refractivity contribution < 1.29 is 0 Å². The lowest BCUT2D eigenvalue weighted by atomic mass is 10.0. The Morgan fingerprint density at radius 2 is 2.21 bits per heavy atom. The van der Waals surface area contributed by atoms with E-state index < -0.39 is 0 Å². The van der Waals surface area contributed by atoms with Crippen LogP contribution in [0, 0.1) is 0 Å². The van der Waals surface area contributed by atoms with Crippen molar-refractivity contribution in [3.8, 4) is 0 Å². The molecule has 0 radical (unpaired) electrons. The molecule has 0 bridgehead atoms. The van der Waals surface area contributed by atoms with E-state index in [1.807, 2.05) is 12.3 Å². The van der Waals surface area contributed by atoms with Gasteiger partial charge in [-0.05, 0) is 33.0 Å². The summed E-state index contributed by atoms with van der Waals surface area (Å²) in [7, 11) is 2.12. The highest BCUT2D eigenvalue weighted by molar-refractivity contribution is 5.04.